The third-order valence-electron chi connectivity index (χ3n) is 3.25. The predicted molar refractivity (Wildman–Crippen MR) is 82.6 cm³/mol. The Hall–Kier alpha value is -2.30. The summed E-state index contributed by atoms with van der Waals surface area (Å²) in [4.78, 5) is 25.6. The number of hydrogen-bond acceptors (Lipinski definition) is 4. The normalized spacial score (nSPS) is 18.3. The van der Waals surface area contributed by atoms with Crippen molar-refractivity contribution in [3.05, 3.63) is 42.1 Å². The number of ether oxygens (including phenoxy) is 2. The van der Waals surface area contributed by atoms with E-state index in [0.29, 0.717) is 5.75 Å². The Bertz CT molecular complexity index is 601. The molecule has 0 radical (unpaired) electrons. The van der Waals surface area contributed by atoms with Gasteiger partial charge in [-0.3, -0.25) is 9.69 Å². The van der Waals surface area contributed by atoms with E-state index in [2.05, 4.69) is 0 Å². The summed E-state index contributed by atoms with van der Waals surface area (Å²) in [5.74, 6) is 0.611. The molecule has 1 amide bonds. The molecule has 1 aromatic carbocycles. The van der Waals surface area contributed by atoms with E-state index in [1.807, 2.05) is 45.0 Å². The van der Waals surface area contributed by atoms with E-state index >= 15 is 0 Å². The standard InChI is InChI=1S/C17H21NO4/c1-17(2,3)22-16(20)18-10-9-12(19)11-14(18)13-7-5-6-8-15(13)21-4/h5-10,14H,11H2,1-4H3. The van der Waals surface area contributed by atoms with Crippen LogP contribution in [0.1, 0.15) is 38.8 Å². The van der Waals surface area contributed by atoms with Crippen molar-refractivity contribution in [2.45, 2.75) is 38.8 Å². The van der Waals surface area contributed by atoms with Gasteiger partial charge in [0.2, 0.25) is 0 Å². The maximum Gasteiger partial charge on any atom is 0.414 e. The number of carbonyl (C=O) groups is 2. The lowest BCUT2D eigenvalue weighted by Crippen LogP contribution is -2.38. The van der Waals surface area contributed by atoms with E-state index in [-0.39, 0.29) is 12.2 Å². The number of para-hydroxylation sites is 1. The predicted octanol–water partition coefficient (Wildman–Crippen LogP) is 3.46. The van der Waals surface area contributed by atoms with Gasteiger partial charge in [0.15, 0.2) is 5.78 Å². The van der Waals surface area contributed by atoms with E-state index < -0.39 is 17.7 Å². The molecule has 1 aliphatic rings. The minimum atomic E-state index is -0.600. The molecule has 0 saturated heterocycles. The summed E-state index contributed by atoms with van der Waals surface area (Å²) in [5.41, 5.74) is 0.186. The highest BCUT2D eigenvalue weighted by Gasteiger charge is 2.33. The van der Waals surface area contributed by atoms with Crippen LogP contribution in [-0.4, -0.2) is 29.5 Å². The first-order valence-corrected chi connectivity index (χ1v) is 7.17. The first-order chi connectivity index (χ1) is 10.3. The van der Waals surface area contributed by atoms with Crippen LogP contribution in [0.15, 0.2) is 36.5 Å². The fraction of sp³-hybridized carbons (Fsp3) is 0.412. The number of nitrogens with zero attached hydrogens (tertiary/aromatic N) is 1. The van der Waals surface area contributed by atoms with Gasteiger partial charge in [-0.15, -0.1) is 0 Å². The van der Waals surface area contributed by atoms with Crippen LogP contribution in [0.4, 0.5) is 4.79 Å². The lowest BCUT2D eigenvalue weighted by molar-refractivity contribution is -0.116. The third kappa shape index (κ3) is 3.67. The summed E-state index contributed by atoms with van der Waals surface area (Å²) >= 11 is 0. The minimum absolute atomic E-state index is 0.0317. The topological polar surface area (TPSA) is 55.8 Å². The van der Waals surface area contributed by atoms with Crippen LogP contribution in [0.2, 0.25) is 0 Å². The Balaban J connectivity index is 2.36. The van der Waals surface area contributed by atoms with Gasteiger partial charge in [0.1, 0.15) is 11.4 Å². The van der Waals surface area contributed by atoms with Crippen molar-refractivity contribution in [1.82, 2.24) is 4.90 Å². The molecule has 0 aromatic heterocycles. The van der Waals surface area contributed by atoms with Crippen molar-refractivity contribution < 1.29 is 19.1 Å². The van der Waals surface area contributed by atoms with Gasteiger partial charge in [-0.2, -0.15) is 0 Å². The first kappa shape index (κ1) is 16.1. The van der Waals surface area contributed by atoms with Gasteiger partial charge < -0.3 is 9.47 Å². The smallest absolute Gasteiger partial charge is 0.414 e. The van der Waals surface area contributed by atoms with Crippen molar-refractivity contribution in [1.29, 1.82) is 0 Å². The Morgan fingerprint density at radius 3 is 2.59 bits per heavy atom. The van der Waals surface area contributed by atoms with Crippen LogP contribution in [0.5, 0.6) is 5.75 Å². The van der Waals surface area contributed by atoms with Gasteiger partial charge >= 0.3 is 6.09 Å². The van der Waals surface area contributed by atoms with E-state index in [9.17, 15) is 9.59 Å². The molecule has 5 heteroatoms. The monoisotopic (exact) mass is 303 g/mol. The molecule has 1 heterocycles. The quantitative estimate of drug-likeness (QED) is 0.839. The zero-order chi connectivity index (χ0) is 16.3. The van der Waals surface area contributed by atoms with Crippen LogP contribution in [0.25, 0.3) is 0 Å². The van der Waals surface area contributed by atoms with Gasteiger partial charge in [-0.25, -0.2) is 4.79 Å². The number of allylic oxidation sites excluding steroid dienone is 1. The zero-order valence-electron chi connectivity index (χ0n) is 13.3. The largest absolute Gasteiger partial charge is 0.496 e. The molecular formula is C17H21NO4. The fourth-order valence-electron chi connectivity index (χ4n) is 2.33. The first-order valence-electron chi connectivity index (χ1n) is 7.17. The molecule has 5 nitrogen and oxygen atoms in total. The molecule has 2 rings (SSSR count). The Labute approximate surface area is 130 Å². The average molecular weight is 303 g/mol. The van der Waals surface area contributed by atoms with Gasteiger partial charge in [0, 0.05) is 18.2 Å². The summed E-state index contributed by atoms with van der Waals surface area (Å²) in [7, 11) is 1.57. The van der Waals surface area contributed by atoms with Gasteiger partial charge in [0.25, 0.3) is 0 Å². The summed E-state index contributed by atoms with van der Waals surface area (Å²) in [6.45, 7) is 5.42. The molecule has 0 spiro atoms. The number of ketones is 1. The highest BCUT2D eigenvalue weighted by atomic mass is 16.6. The fourth-order valence-corrected chi connectivity index (χ4v) is 2.33. The molecule has 0 aliphatic carbocycles. The van der Waals surface area contributed by atoms with Crippen LogP contribution >= 0.6 is 0 Å². The average Bonchev–Trinajstić information content (AvgIpc) is 2.45. The summed E-state index contributed by atoms with van der Waals surface area (Å²) in [6.07, 6.45) is 2.61. The number of benzene rings is 1. The van der Waals surface area contributed by atoms with Crippen molar-refractivity contribution in [3.63, 3.8) is 0 Å². The Kier molecular flexibility index (Phi) is 4.54. The van der Waals surface area contributed by atoms with Crippen LogP contribution in [0, 0.1) is 0 Å². The van der Waals surface area contributed by atoms with E-state index in [4.69, 9.17) is 9.47 Å². The van der Waals surface area contributed by atoms with Crippen molar-refractivity contribution in [2.24, 2.45) is 0 Å². The third-order valence-corrected chi connectivity index (χ3v) is 3.25. The molecule has 0 bridgehead atoms. The van der Waals surface area contributed by atoms with Gasteiger partial charge in [-0.05, 0) is 32.9 Å². The lowest BCUT2D eigenvalue weighted by atomic mass is 9.97. The molecule has 1 atom stereocenters. The number of amides is 1. The van der Waals surface area contributed by atoms with Crippen molar-refractivity contribution in [2.75, 3.05) is 7.11 Å². The molecule has 1 aliphatic heterocycles. The summed E-state index contributed by atoms with van der Waals surface area (Å²) in [5, 5.41) is 0. The second-order valence-electron chi connectivity index (χ2n) is 6.13. The number of methoxy groups -OCH3 is 1. The van der Waals surface area contributed by atoms with Gasteiger partial charge in [0.05, 0.1) is 13.2 Å². The number of carbonyl (C=O) groups excluding carboxylic acids is 2. The second kappa shape index (κ2) is 6.22. The summed E-state index contributed by atoms with van der Waals surface area (Å²) < 4.78 is 10.8. The molecule has 0 saturated carbocycles. The number of hydrogen-bond donors (Lipinski definition) is 0. The number of rotatable bonds is 2. The SMILES string of the molecule is COc1ccccc1C1CC(=O)C=CN1C(=O)OC(C)(C)C. The highest BCUT2D eigenvalue weighted by molar-refractivity contribution is 5.92. The molecule has 0 fully saturated rings. The second-order valence-corrected chi connectivity index (χ2v) is 6.13. The molecular weight excluding hydrogens is 282 g/mol. The van der Waals surface area contributed by atoms with Gasteiger partial charge in [-0.1, -0.05) is 18.2 Å². The molecule has 0 N–H and O–H groups in total. The maximum atomic E-state index is 12.4. The van der Waals surface area contributed by atoms with Crippen molar-refractivity contribution >= 4 is 11.9 Å². The Morgan fingerprint density at radius 1 is 1.27 bits per heavy atom. The Morgan fingerprint density at radius 2 is 1.95 bits per heavy atom. The van der Waals surface area contributed by atoms with E-state index in [1.54, 1.807) is 7.11 Å². The zero-order valence-corrected chi connectivity index (χ0v) is 13.3. The van der Waals surface area contributed by atoms with E-state index in [1.165, 1.54) is 17.2 Å². The maximum absolute atomic E-state index is 12.4. The lowest BCUT2D eigenvalue weighted by Gasteiger charge is -2.33. The summed E-state index contributed by atoms with van der Waals surface area (Å²) in [6, 6.07) is 6.94. The van der Waals surface area contributed by atoms with E-state index in [0.717, 1.165) is 5.56 Å². The molecule has 1 aromatic rings. The van der Waals surface area contributed by atoms with Crippen LogP contribution in [-0.2, 0) is 9.53 Å². The minimum Gasteiger partial charge on any atom is -0.496 e. The molecule has 118 valence electrons. The highest BCUT2D eigenvalue weighted by Crippen LogP contribution is 2.35. The van der Waals surface area contributed by atoms with Crippen LogP contribution < -0.4 is 4.74 Å². The molecule has 22 heavy (non-hydrogen) atoms. The molecule has 1 unspecified atom stereocenters. The van der Waals surface area contributed by atoms with Crippen molar-refractivity contribution in [3.8, 4) is 5.75 Å². The van der Waals surface area contributed by atoms with Crippen LogP contribution in [0.3, 0.4) is 0 Å².